The fraction of sp³-hybridized carbons (Fsp3) is 0.571. The highest BCUT2D eigenvalue weighted by Gasteiger charge is 2.35. The van der Waals surface area contributed by atoms with Crippen molar-refractivity contribution >= 4 is 5.91 Å². The second-order valence-corrected chi connectivity index (χ2v) is 7.78. The largest absolute Gasteiger partial charge is 0.497 e. The first kappa shape index (κ1) is 19.7. The Balaban J connectivity index is 1.55. The van der Waals surface area contributed by atoms with Crippen molar-refractivity contribution in [3.05, 3.63) is 46.1 Å². The van der Waals surface area contributed by atoms with Crippen LogP contribution in [0.2, 0.25) is 0 Å². The average molecular weight is 400 g/mol. The van der Waals surface area contributed by atoms with E-state index in [-0.39, 0.29) is 23.6 Å². The van der Waals surface area contributed by atoms with Crippen molar-refractivity contribution in [1.29, 1.82) is 0 Å². The zero-order valence-corrected chi connectivity index (χ0v) is 17.0. The van der Waals surface area contributed by atoms with Gasteiger partial charge in [0.1, 0.15) is 11.6 Å². The molecule has 1 saturated heterocycles. The van der Waals surface area contributed by atoms with Crippen LogP contribution in [-0.2, 0) is 11.3 Å². The Bertz CT molecular complexity index is 914. The molecule has 2 aliphatic rings. The second kappa shape index (κ2) is 8.41. The van der Waals surface area contributed by atoms with Gasteiger partial charge in [0.05, 0.1) is 20.3 Å². The molecule has 1 atom stereocenters. The van der Waals surface area contributed by atoms with Crippen LogP contribution in [-0.4, -0.2) is 59.1 Å². The molecule has 1 aliphatic carbocycles. The minimum Gasteiger partial charge on any atom is -0.497 e. The number of hydrogen-bond donors (Lipinski definition) is 0. The van der Waals surface area contributed by atoms with Gasteiger partial charge in [-0.1, -0.05) is 0 Å². The summed E-state index contributed by atoms with van der Waals surface area (Å²) in [5, 5.41) is 4.65. The molecule has 1 aliphatic heterocycles. The second-order valence-electron chi connectivity index (χ2n) is 7.78. The summed E-state index contributed by atoms with van der Waals surface area (Å²) in [5.41, 5.74) is 0.592. The molecule has 4 rings (SSSR count). The third-order valence-corrected chi connectivity index (χ3v) is 5.73. The number of benzene rings is 1. The minimum atomic E-state index is -0.0573. The molecule has 0 spiro atoms. The van der Waals surface area contributed by atoms with E-state index >= 15 is 0 Å². The fourth-order valence-electron chi connectivity index (χ4n) is 4.00. The molecule has 8 heteroatoms. The van der Waals surface area contributed by atoms with Gasteiger partial charge in [-0.3, -0.25) is 9.36 Å². The SMILES string of the molecule is COCCn1nc(C2CCCN(C(=O)c3ccc(OC)cc3)C2)n(C2CC2)c1=O. The monoisotopic (exact) mass is 400 g/mol. The van der Waals surface area contributed by atoms with Crippen LogP contribution in [0, 0.1) is 0 Å². The molecule has 2 aromatic rings. The zero-order chi connectivity index (χ0) is 20.4. The highest BCUT2D eigenvalue weighted by Crippen LogP contribution is 2.37. The summed E-state index contributed by atoms with van der Waals surface area (Å²) < 4.78 is 13.7. The number of ether oxygens (including phenoxy) is 2. The fourth-order valence-corrected chi connectivity index (χ4v) is 4.00. The van der Waals surface area contributed by atoms with Crippen molar-refractivity contribution in [3.8, 4) is 5.75 Å². The Hall–Kier alpha value is -2.61. The number of amides is 1. The lowest BCUT2D eigenvalue weighted by Gasteiger charge is -2.32. The Kier molecular flexibility index (Phi) is 5.71. The highest BCUT2D eigenvalue weighted by molar-refractivity contribution is 5.94. The first-order valence-corrected chi connectivity index (χ1v) is 10.2. The molecule has 1 unspecified atom stereocenters. The molecule has 0 N–H and O–H groups in total. The third-order valence-electron chi connectivity index (χ3n) is 5.73. The van der Waals surface area contributed by atoms with E-state index in [2.05, 4.69) is 5.10 Å². The highest BCUT2D eigenvalue weighted by atomic mass is 16.5. The number of aromatic nitrogens is 3. The van der Waals surface area contributed by atoms with Gasteiger partial charge in [0.25, 0.3) is 5.91 Å². The number of carbonyl (C=O) groups is 1. The van der Waals surface area contributed by atoms with Gasteiger partial charge in [0, 0.05) is 37.7 Å². The van der Waals surface area contributed by atoms with E-state index in [4.69, 9.17) is 9.47 Å². The molecule has 1 amide bonds. The summed E-state index contributed by atoms with van der Waals surface area (Å²) in [5.74, 6) is 1.63. The molecule has 1 saturated carbocycles. The normalized spacial score (nSPS) is 19.4. The Morgan fingerprint density at radius 1 is 1.17 bits per heavy atom. The van der Waals surface area contributed by atoms with Gasteiger partial charge in [-0.05, 0) is 49.9 Å². The summed E-state index contributed by atoms with van der Waals surface area (Å²) in [6, 6.07) is 7.45. The number of hydrogen-bond acceptors (Lipinski definition) is 5. The molecule has 2 fully saturated rings. The van der Waals surface area contributed by atoms with Crippen molar-refractivity contribution in [3.63, 3.8) is 0 Å². The van der Waals surface area contributed by atoms with Crippen molar-refractivity contribution in [2.45, 2.75) is 44.2 Å². The van der Waals surface area contributed by atoms with Gasteiger partial charge in [-0.25, -0.2) is 9.48 Å². The number of piperidine rings is 1. The molecule has 156 valence electrons. The van der Waals surface area contributed by atoms with Crippen LogP contribution in [0.25, 0.3) is 0 Å². The molecule has 29 heavy (non-hydrogen) atoms. The average Bonchev–Trinajstić information content (AvgIpc) is 3.55. The van der Waals surface area contributed by atoms with Crippen LogP contribution in [0.1, 0.15) is 53.8 Å². The van der Waals surface area contributed by atoms with Gasteiger partial charge < -0.3 is 14.4 Å². The Labute approximate surface area is 170 Å². The predicted molar refractivity (Wildman–Crippen MR) is 108 cm³/mol. The minimum absolute atomic E-state index is 0.0106. The predicted octanol–water partition coefficient (Wildman–Crippen LogP) is 2.05. The van der Waals surface area contributed by atoms with Gasteiger partial charge in [-0.2, -0.15) is 5.10 Å². The molecular formula is C21H28N4O4. The smallest absolute Gasteiger partial charge is 0.346 e. The van der Waals surface area contributed by atoms with E-state index in [1.807, 2.05) is 9.47 Å². The van der Waals surface area contributed by atoms with Crippen LogP contribution in [0.4, 0.5) is 0 Å². The van der Waals surface area contributed by atoms with Crippen molar-refractivity contribution in [2.24, 2.45) is 0 Å². The summed E-state index contributed by atoms with van der Waals surface area (Å²) >= 11 is 0. The standard InChI is InChI=1S/C21H28N4O4/c1-28-13-12-24-21(27)25(17-7-8-17)19(22-24)16-4-3-11-23(14-16)20(26)15-5-9-18(29-2)10-6-15/h5-6,9-10,16-17H,3-4,7-8,11-14H2,1-2H3. The molecular weight excluding hydrogens is 372 g/mol. The van der Waals surface area contributed by atoms with E-state index in [1.165, 1.54) is 4.68 Å². The number of likely N-dealkylation sites (tertiary alicyclic amines) is 1. The number of nitrogens with zero attached hydrogens (tertiary/aromatic N) is 4. The van der Waals surface area contributed by atoms with Crippen molar-refractivity contribution in [2.75, 3.05) is 33.9 Å². The van der Waals surface area contributed by atoms with E-state index in [0.717, 1.165) is 43.8 Å². The van der Waals surface area contributed by atoms with Crippen LogP contribution >= 0.6 is 0 Å². The molecule has 1 aromatic heterocycles. The first-order valence-electron chi connectivity index (χ1n) is 10.2. The summed E-state index contributed by atoms with van der Waals surface area (Å²) in [4.78, 5) is 27.7. The Morgan fingerprint density at radius 3 is 2.59 bits per heavy atom. The lowest BCUT2D eigenvalue weighted by molar-refractivity contribution is 0.0703. The lowest BCUT2D eigenvalue weighted by Crippen LogP contribution is -2.40. The summed E-state index contributed by atoms with van der Waals surface area (Å²) in [7, 11) is 3.23. The van der Waals surface area contributed by atoms with Crippen LogP contribution in [0.3, 0.4) is 0 Å². The third kappa shape index (κ3) is 4.07. The molecule has 1 aromatic carbocycles. The zero-order valence-electron chi connectivity index (χ0n) is 17.0. The maximum atomic E-state index is 13.0. The molecule has 2 heterocycles. The quantitative estimate of drug-likeness (QED) is 0.711. The maximum Gasteiger partial charge on any atom is 0.346 e. The van der Waals surface area contributed by atoms with E-state index in [9.17, 15) is 9.59 Å². The first-order chi connectivity index (χ1) is 14.1. The molecule has 0 bridgehead atoms. The van der Waals surface area contributed by atoms with Crippen molar-refractivity contribution in [1.82, 2.24) is 19.2 Å². The van der Waals surface area contributed by atoms with Gasteiger partial charge >= 0.3 is 5.69 Å². The molecule has 0 radical (unpaired) electrons. The van der Waals surface area contributed by atoms with Crippen LogP contribution in [0.15, 0.2) is 29.1 Å². The number of rotatable bonds is 7. The summed E-state index contributed by atoms with van der Waals surface area (Å²) in [6.07, 6.45) is 3.87. The van der Waals surface area contributed by atoms with E-state index in [1.54, 1.807) is 38.5 Å². The number of methoxy groups -OCH3 is 2. The number of carbonyl (C=O) groups excluding carboxylic acids is 1. The van der Waals surface area contributed by atoms with Crippen LogP contribution in [0.5, 0.6) is 5.75 Å². The van der Waals surface area contributed by atoms with E-state index in [0.29, 0.717) is 25.3 Å². The topological polar surface area (TPSA) is 78.6 Å². The maximum absolute atomic E-state index is 13.0. The van der Waals surface area contributed by atoms with E-state index < -0.39 is 0 Å². The van der Waals surface area contributed by atoms with Crippen LogP contribution < -0.4 is 10.4 Å². The lowest BCUT2D eigenvalue weighted by atomic mass is 9.96. The van der Waals surface area contributed by atoms with Gasteiger partial charge in [0.2, 0.25) is 0 Å². The van der Waals surface area contributed by atoms with Gasteiger partial charge in [-0.15, -0.1) is 0 Å². The Morgan fingerprint density at radius 2 is 1.93 bits per heavy atom. The van der Waals surface area contributed by atoms with Gasteiger partial charge in [0.15, 0.2) is 0 Å². The van der Waals surface area contributed by atoms with Crippen molar-refractivity contribution < 1.29 is 14.3 Å². The molecule has 8 nitrogen and oxygen atoms in total. The summed E-state index contributed by atoms with van der Waals surface area (Å²) in [6.45, 7) is 2.20.